The van der Waals surface area contributed by atoms with E-state index in [4.69, 9.17) is 0 Å². The van der Waals surface area contributed by atoms with Crippen molar-refractivity contribution < 1.29 is 26.7 Å². The zero-order valence-corrected chi connectivity index (χ0v) is 15.1. The van der Waals surface area contributed by atoms with E-state index in [9.17, 15) is 26.7 Å². The van der Waals surface area contributed by atoms with E-state index < -0.39 is 35.6 Å². The number of carbonyl (C=O) groups is 1. The van der Waals surface area contributed by atoms with Crippen LogP contribution in [0.5, 0.6) is 0 Å². The number of aryl methyl sites for hydroxylation is 1. The third-order valence-corrected chi connectivity index (χ3v) is 4.15. The van der Waals surface area contributed by atoms with Crippen molar-refractivity contribution in [3.05, 3.63) is 47.9 Å². The molecule has 7 nitrogen and oxygen atoms in total. The molecule has 1 atom stereocenters. The van der Waals surface area contributed by atoms with Gasteiger partial charge in [-0.15, -0.1) is 0 Å². The summed E-state index contributed by atoms with van der Waals surface area (Å²) in [6.07, 6.45) is -2.49. The Bertz CT molecular complexity index is 1050. The number of benzene rings is 1. The molecule has 0 fully saturated rings. The molecule has 154 valence electrons. The Morgan fingerprint density at radius 2 is 1.79 bits per heavy atom. The maximum atomic E-state index is 14.0. The second-order valence-electron chi connectivity index (χ2n) is 6.07. The van der Waals surface area contributed by atoms with Gasteiger partial charge in [-0.1, -0.05) is 0 Å². The van der Waals surface area contributed by atoms with E-state index in [2.05, 4.69) is 20.6 Å². The van der Waals surface area contributed by atoms with Crippen LogP contribution >= 0.6 is 0 Å². The summed E-state index contributed by atoms with van der Waals surface area (Å²) in [6.45, 7) is 0. The van der Waals surface area contributed by atoms with Crippen molar-refractivity contribution in [3.63, 3.8) is 0 Å². The average molecular weight is 414 g/mol. The van der Waals surface area contributed by atoms with Crippen LogP contribution in [0.1, 0.15) is 11.7 Å². The van der Waals surface area contributed by atoms with Crippen molar-refractivity contribution in [1.82, 2.24) is 19.9 Å². The summed E-state index contributed by atoms with van der Waals surface area (Å²) in [5, 5.41) is 6.45. The van der Waals surface area contributed by atoms with Crippen LogP contribution in [0, 0.1) is 11.6 Å². The second-order valence-corrected chi connectivity index (χ2v) is 6.07. The van der Waals surface area contributed by atoms with Crippen LogP contribution in [0.25, 0.3) is 10.9 Å². The van der Waals surface area contributed by atoms with Crippen LogP contribution in [-0.4, -0.2) is 33.8 Å². The number of nitrogens with zero attached hydrogens (tertiary/aromatic N) is 3. The highest BCUT2D eigenvalue weighted by atomic mass is 19.4. The van der Waals surface area contributed by atoms with Gasteiger partial charge >= 0.3 is 12.2 Å². The number of amides is 2. The molecular weight excluding hydrogens is 399 g/mol. The number of anilines is 2. The minimum atomic E-state index is -4.90. The number of halogens is 5. The number of alkyl halides is 3. The van der Waals surface area contributed by atoms with Crippen LogP contribution in [0.4, 0.5) is 38.4 Å². The van der Waals surface area contributed by atoms with E-state index in [1.165, 1.54) is 19.4 Å². The first kappa shape index (κ1) is 20.3. The molecule has 2 heterocycles. The topological polar surface area (TPSA) is 83.9 Å². The number of aromatic nitrogens is 3. The fraction of sp³-hybridized carbons (Fsp3) is 0.235. The lowest BCUT2D eigenvalue weighted by Gasteiger charge is -2.22. The second kappa shape index (κ2) is 7.53. The summed E-state index contributed by atoms with van der Waals surface area (Å²) in [5.41, 5.74) is -0.480. The Kier molecular flexibility index (Phi) is 5.27. The zero-order chi connectivity index (χ0) is 21.3. The number of hydrogen-bond donors (Lipinski definition) is 3. The van der Waals surface area contributed by atoms with Crippen LogP contribution in [-0.2, 0) is 7.05 Å². The van der Waals surface area contributed by atoms with E-state index in [1.54, 1.807) is 12.4 Å². The van der Waals surface area contributed by atoms with Crippen LogP contribution in [0.2, 0.25) is 0 Å². The third-order valence-electron chi connectivity index (χ3n) is 4.15. The average Bonchev–Trinajstić information content (AvgIpc) is 2.96. The van der Waals surface area contributed by atoms with Gasteiger partial charge in [0.1, 0.15) is 11.6 Å². The molecular formula is C17H15F5N6O. The number of urea groups is 1. The molecule has 3 rings (SSSR count). The van der Waals surface area contributed by atoms with Crippen LogP contribution < -0.4 is 16.0 Å². The molecule has 0 bridgehead atoms. The van der Waals surface area contributed by atoms with Gasteiger partial charge in [0, 0.05) is 25.5 Å². The van der Waals surface area contributed by atoms with Gasteiger partial charge in [-0.3, -0.25) is 0 Å². The monoisotopic (exact) mass is 414 g/mol. The summed E-state index contributed by atoms with van der Waals surface area (Å²) < 4.78 is 69.3. The normalized spacial score (nSPS) is 12.7. The van der Waals surface area contributed by atoms with Crippen molar-refractivity contribution in [3.8, 4) is 0 Å². The smallest absolute Gasteiger partial charge is 0.357 e. The molecule has 29 heavy (non-hydrogen) atoms. The highest BCUT2D eigenvalue weighted by Gasteiger charge is 2.44. The highest BCUT2D eigenvalue weighted by Crippen LogP contribution is 2.36. The van der Waals surface area contributed by atoms with Crippen molar-refractivity contribution >= 4 is 28.6 Å². The lowest BCUT2D eigenvalue weighted by atomic mass is 10.2. The maximum Gasteiger partial charge on any atom is 0.414 e. The largest absolute Gasteiger partial charge is 0.414 e. The van der Waals surface area contributed by atoms with Crippen molar-refractivity contribution in [2.75, 3.05) is 17.7 Å². The van der Waals surface area contributed by atoms with Crippen molar-refractivity contribution in [2.45, 2.75) is 12.2 Å². The molecule has 0 aliphatic rings. The Balaban J connectivity index is 1.90. The van der Waals surface area contributed by atoms with Crippen molar-refractivity contribution in [2.24, 2.45) is 7.05 Å². The fourth-order valence-electron chi connectivity index (χ4n) is 2.80. The molecule has 0 aliphatic heterocycles. The predicted molar refractivity (Wildman–Crippen MR) is 95.4 cm³/mol. The molecule has 3 aromatic rings. The molecule has 0 saturated carbocycles. The van der Waals surface area contributed by atoms with Gasteiger partial charge < -0.3 is 20.5 Å². The van der Waals surface area contributed by atoms with E-state index in [0.717, 1.165) is 16.7 Å². The Morgan fingerprint density at radius 1 is 1.14 bits per heavy atom. The standard InChI is InChI=1S/C17H15F5N6O/c1-23-15-24-6-9(7-25-15)26-16(29)27-14(17(20,21)22)13-5-10-11(19)3-8(18)4-12(10)28(13)2/h3-7,14H,1-2H3,(H,23,24,25)(H2,26,27,29)/t14-/m0/s1. The van der Waals surface area contributed by atoms with Gasteiger partial charge in [-0.2, -0.15) is 13.2 Å². The summed E-state index contributed by atoms with van der Waals surface area (Å²) in [4.78, 5) is 19.8. The maximum absolute atomic E-state index is 14.0. The summed E-state index contributed by atoms with van der Waals surface area (Å²) in [5.74, 6) is -1.68. The molecule has 0 radical (unpaired) electrons. The van der Waals surface area contributed by atoms with E-state index in [-0.39, 0.29) is 22.5 Å². The Labute approximate surface area is 160 Å². The molecule has 0 unspecified atom stereocenters. The number of carbonyl (C=O) groups excluding carboxylic acids is 1. The zero-order valence-electron chi connectivity index (χ0n) is 15.1. The first-order valence-electron chi connectivity index (χ1n) is 8.18. The van der Waals surface area contributed by atoms with Crippen LogP contribution in [0.15, 0.2) is 30.6 Å². The van der Waals surface area contributed by atoms with Crippen LogP contribution in [0.3, 0.4) is 0 Å². The van der Waals surface area contributed by atoms with Crippen molar-refractivity contribution in [1.29, 1.82) is 0 Å². The van der Waals surface area contributed by atoms with Gasteiger partial charge in [-0.05, 0) is 12.1 Å². The quantitative estimate of drug-likeness (QED) is 0.569. The molecule has 12 heteroatoms. The number of nitrogens with one attached hydrogen (secondary N) is 3. The number of rotatable bonds is 4. The molecule has 2 aromatic heterocycles. The number of fused-ring (bicyclic) bond motifs is 1. The number of hydrogen-bond acceptors (Lipinski definition) is 4. The molecule has 0 aliphatic carbocycles. The lowest BCUT2D eigenvalue weighted by Crippen LogP contribution is -2.41. The van der Waals surface area contributed by atoms with E-state index in [0.29, 0.717) is 6.07 Å². The summed E-state index contributed by atoms with van der Waals surface area (Å²) in [7, 11) is 2.79. The van der Waals surface area contributed by atoms with Gasteiger partial charge in [0.2, 0.25) is 5.95 Å². The highest BCUT2D eigenvalue weighted by molar-refractivity contribution is 5.89. The summed E-state index contributed by atoms with van der Waals surface area (Å²) >= 11 is 0. The van der Waals surface area contributed by atoms with Gasteiger partial charge in [0.25, 0.3) is 0 Å². The third kappa shape index (κ3) is 4.20. The molecule has 0 spiro atoms. The van der Waals surface area contributed by atoms with Gasteiger partial charge in [-0.25, -0.2) is 23.5 Å². The van der Waals surface area contributed by atoms with Gasteiger partial charge in [0.15, 0.2) is 6.04 Å². The lowest BCUT2D eigenvalue weighted by molar-refractivity contribution is -0.155. The minimum Gasteiger partial charge on any atom is -0.357 e. The Hall–Kier alpha value is -3.44. The predicted octanol–water partition coefficient (Wildman–Crippen LogP) is 3.71. The first-order valence-corrected chi connectivity index (χ1v) is 8.18. The summed E-state index contributed by atoms with van der Waals surface area (Å²) in [6, 6.07) is -1.24. The fourth-order valence-corrected chi connectivity index (χ4v) is 2.80. The molecule has 2 amide bonds. The molecule has 1 aromatic carbocycles. The van der Waals surface area contributed by atoms with Gasteiger partial charge in [0.05, 0.1) is 29.3 Å². The molecule has 3 N–H and O–H groups in total. The minimum absolute atomic E-state index is 0.0626. The molecule has 0 saturated heterocycles. The van der Waals surface area contributed by atoms with E-state index in [1.807, 2.05) is 0 Å². The Morgan fingerprint density at radius 3 is 2.38 bits per heavy atom. The first-order chi connectivity index (χ1) is 13.6. The SMILES string of the molecule is CNc1ncc(NC(=O)N[C@@H](c2cc3c(F)cc(F)cc3n2C)C(F)(F)F)cn1. The van der Waals surface area contributed by atoms with E-state index >= 15 is 0 Å².